The molecule has 0 atom stereocenters. The van der Waals surface area contributed by atoms with Gasteiger partial charge in [-0.1, -0.05) is 224 Å². The second-order valence-corrected chi connectivity index (χ2v) is 21.2. The van der Waals surface area contributed by atoms with Crippen molar-refractivity contribution in [2.45, 2.75) is 43.4 Å². The molecule has 72 heavy (non-hydrogen) atoms. The van der Waals surface area contributed by atoms with Gasteiger partial charge < -0.3 is 4.90 Å². The Morgan fingerprint density at radius 1 is 0.319 bits per heavy atom. The van der Waals surface area contributed by atoms with E-state index < -0.39 is 5.41 Å². The lowest BCUT2D eigenvalue weighted by molar-refractivity contribution is -0.00277. The third-order valence-corrected chi connectivity index (χ3v) is 17.3. The molecule has 4 bridgehead atoms. The van der Waals surface area contributed by atoms with E-state index in [0.29, 0.717) is 5.92 Å². The Kier molecular flexibility index (Phi) is 10.5. The van der Waals surface area contributed by atoms with Gasteiger partial charge in [-0.2, -0.15) is 0 Å². The van der Waals surface area contributed by atoms with E-state index in [9.17, 15) is 0 Å². The van der Waals surface area contributed by atoms with Crippen LogP contribution in [0.3, 0.4) is 0 Å². The van der Waals surface area contributed by atoms with Gasteiger partial charge in [-0.25, -0.2) is 0 Å². The fourth-order valence-corrected chi connectivity index (χ4v) is 14.7. The van der Waals surface area contributed by atoms with Crippen molar-refractivity contribution in [2.24, 2.45) is 23.7 Å². The molecule has 4 saturated carbocycles. The molecule has 15 rings (SSSR count). The van der Waals surface area contributed by atoms with E-state index in [1.54, 1.807) is 0 Å². The quantitative estimate of drug-likeness (QED) is 0.132. The van der Waals surface area contributed by atoms with Gasteiger partial charge in [0.1, 0.15) is 0 Å². The lowest BCUT2D eigenvalue weighted by Gasteiger charge is -2.54. The number of para-hydroxylation sites is 1. The van der Waals surface area contributed by atoms with Crippen LogP contribution in [0.2, 0.25) is 0 Å². The van der Waals surface area contributed by atoms with Crippen molar-refractivity contribution in [3.8, 4) is 55.6 Å². The molecule has 0 amide bonds. The van der Waals surface area contributed by atoms with Crippen LogP contribution in [0.1, 0.15) is 65.8 Å². The van der Waals surface area contributed by atoms with Crippen molar-refractivity contribution >= 4 is 17.1 Å². The first-order chi connectivity index (χ1) is 35.7. The Hall–Kier alpha value is -8.00. The number of anilines is 3. The lowest BCUT2D eigenvalue weighted by atomic mass is 9.51. The fraction of sp³-hybridized carbons (Fsp3) is 0.155. The predicted octanol–water partition coefficient (Wildman–Crippen LogP) is 18.7. The van der Waals surface area contributed by atoms with E-state index in [4.69, 9.17) is 0 Å². The van der Waals surface area contributed by atoms with Crippen molar-refractivity contribution in [1.29, 1.82) is 0 Å². The van der Waals surface area contributed by atoms with Gasteiger partial charge in [0, 0.05) is 16.9 Å². The zero-order chi connectivity index (χ0) is 47.6. The van der Waals surface area contributed by atoms with Gasteiger partial charge in [-0.3, -0.25) is 0 Å². The van der Waals surface area contributed by atoms with Gasteiger partial charge in [0.25, 0.3) is 0 Å². The summed E-state index contributed by atoms with van der Waals surface area (Å²) < 4.78 is 0. The highest BCUT2D eigenvalue weighted by Crippen LogP contribution is 2.62. The highest BCUT2D eigenvalue weighted by Gasteiger charge is 2.49. The summed E-state index contributed by atoms with van der Waals surface area (Å²) in [6, 6.07) is 95.6. The summed E-state index contributed by atoms with van der Waals surface area (Å²) in [7, 11) is 0. The molecule has 5 aliphatic rings. The maximum Gasteiger partial charge on any atom is 0.0714 e. The van der Waals surface area contributed by atoms with Crippen LogP contribution in [0.4, 0.5) is 17.1 Å². The van der Waals surface area contributed by atoms with E-state index in [2.05, 4.69) is 260 Å². The second-order valence-electron chi connectivity index (χ2n) is 21.2. The molecule has 5 aliphatic carbocycles. The summed E-state index contributed by atoms with van der Waals surface area (Å²) >= 11 is 0. The Morgan fingerprint density at radius 2 is 0.778 bits per heavy atom. The number of benzene rings is 10. The van der Waals surface area contributed by atoms with E-state index in [0.717, 1.165) is 35.0 Å². The summed E-state index contributed by atoms with van der Waals surface area (Å²) in [5.74, 6) is 4.21. The monoisotopic (exact) mass is 923 g/mol. The Bertz CT molecular complexity index is 3510. The minimum absolute atomic E-state index is 0.587. The zero-order valence-corrected chi connectivity index (χ0v) is 40.6. The smallest absolute Gasteiger partial charge is 0.0714 e. The maximum absolute atomic E-state index is 2.57. The molecule has 4 fully saturated rings. The van der Waals surface area contributed by atoms with Crippen LogP contribution < -0.4 is 4.90 Å². The van der Waals surface area contributed by atoms with Crippen LogP contribution >= 0.6 is 0 Å². The minimum atomic E-state index is -0.587. The van der Waals surface area contributed by atoms with Crippen molar-refractivity contribution < 1.29 is 0 Å². The molecule has 0 N–H and O–H groups in total. The third kappa shape index (κ3) is 6.96. The van der Waals surface area contributed by atoms with Crippen LogP contribution in [0.5, 0.6) is 0 Å². The summed E-state index contributed by atoms with van der Waals surface area (Å²) in [6.45, 7) is 0. The second kappa shape index (κ2) is 17.7. The predicted molar refractivity (Wildman–Crippen MR) is 300 cm³/mol. The Balaban J connectivity index is 1.00. The number of hydrogen-bond acceptors (Lipinski definition) is 1. The van der Waals surface area contributed by atoms with E-state index in [-0.39, 0.29) is 0 Å². The molecule has 1 heteroatoms. The molecule has 0 aliphatic heterocycles. The van der Waals surface area contributed by atoms with Gasteiger partial charge in [0.2, 0.25) is 0 Å². The number of nitrogens with zero attached hydrogens (tertiary/aromatic N) is 1. The fourth-order valence-electron chi connectivity index (χ4n) is 14.7. The van der Waals surface area contributed by atoms with Crippen molar-refractivity contribution in [1.82, 2.24) is 0 Å². The van der Waals surface area contributed by atoms with E-state index in [1.807, 2.05) is 0 Å². The molecule has 346 valence electrons. The average molecular weight is 924 g/mol. The molecule has 0 unspecified atom stereocenters. The summed E-state index contributed by atoms with van der Waals surface area (Å²) in [5.41, 5.74) is 21.9. The van der Waals surface area contributed by atoms with Crippen LogP contribution in [-0.2, 0) is 5.41 Å². The topological polar surface area (TPSA) is 3.24 Å². The minimum Gasteiger partial charge on any atom is -0.310 e. The van der Waals surface area contributed by atoms with Crippen LogP contribution in [-0.4, -0.2) is 0 Å². The summed E-state index contributed by atoms with van der Waals surface area (Å²) in [5, 5.41) is 0. The number of fused-ring (bicyclic) bond motifs is 3. The molecular weight excluding hydrogens is 867 g/mol. The lowest BCUT2D eigenvalue weighted by Crippen LogP contribution is -2.43. The van der Waals surface area contributed by atoms with Gasteiger partial charge in [-0.05, 0) is 170 Å². The molecule has 10 aromatic carbocycles. The first-order valence-electron chi connectivity index (χ1n) is 26.4. The normalized spacial score (nSPS) is 19.9. The SMILES string of the molecule is c1ccc(-c2ccccc2-c2ccccc2-c2ccccc2N(c2ccc(C3C4CC5CC(C4)CC3C5)cc2)c2ccc3c(c2)C(c2ccccc2)(c2ccccc2)c2cccc(-c4ccccc4)c2-3)cc1. The van der Waals surface area contributed by atoms with Gasteiger partial charge in [0.05, 0.1) is 11.1 Å². The molecule has 1 nitrogen and oxygen atoms in total. The van der Waals surface area contributed by atoms with Gasteiger partial charge in [-0.15, -0.1) is 0 Å². The molecule has 0 aromatic heterocycles. The number of hydrogen-bond donors (Lipinski definition) is 0. The highest BCUT2D eigenvalue weighted by atomic mass is 15.1. The van der Waals surface area contributed by atoms with Crippen LogP contribution in [0, 0.1) is 23.7 Å². The molecule has 0 radical (unpaired) electrons. The van der Waals surface area contributed by atoms with Gasteiger partial charge in [0.15, 0.2) is 0 Å². The van der Waals surface area contributed by atoms with E-state index >= 15 is 0 Å². The van der Waals surface area contributed by atoms with Crippen molar-refractivity contribution in [3.63, 3.8) is 0 Å². The third-order valence-electron chi connectivity index (χ3n) is 17.3. The Labute approximate surface area is 425 Å². The molecular formula is C71H57N. The standard InChI is InChI=1S/C71H57N/c1-5-20-50(21-6-1)59-28-13-14-29-61(59)62-30-15-16-31-63(62)64-32-17-18-35-68(64)72(57-38-36-52(37-39-57)69-53-43-48-42-49(45-53)46-54(69)44-48)58-40-41-65-67(47-58)71(55-24-9-3-10-25-55,56-26-11-4-12-27-56)66-34-19-33-60(70(65)66)51-22-7-2-8-23-51/h1-41,47-49,53-54,69H,42-46H2. The highest BCUT2D eigenvalue weighted by molar-refractivity contribution is 6.00. The largest absolute Gasteiger partial charge is 0.310 e. The average Bonchev–Trinajstić information content (AvgIpc) is 3.75. The number of rotatable bonds is 10. The first kappa shape index (κ1) is 42.8. The zero-order valence-electron chi connectivity index (χ0n) is 40.6. The first-order valence-corrected chi connectivity index (χ1v) is 26.4. The van der Waals surface area contributed by atoms with Crippen molar-refractivity contribution in [3.05, 3.63) is 283 Å². The molecule has 10 aromatic rings. The van der Waals surface area contributed by atoms with Gasteiger partial charge >= 0.3 is 0 Å². The van der Waals surface area contributed by atoms with Crippen LogP contribution in [0.25, 0.3) is 55.6 Å². The summed E-state index contributed by atoms with van der Waals surface area (Å²) in [4.78, 5) is 2.57. The Morgan fingerprint density at radius 3 is 1.38 bits per heavy atom. The van der Waals surface area contributed by atoms with E-state index in [1.165, 1.54) is 121 Å². The summed E-state index contributed by atoms with van der Waals surface area (Å²) in [6.07, 6.45) is 7.14. The van der Waals surface area contributed by atoms with Crippen LogP contribution in [0.15, 0.2) is 255 Å². The molecule has 0 spiro atoms. The molecule has 0 heterocycles. The maximum atomic E-state index is 2.57. The van der Waals surface area contributed by atoms with Crippen molar-refractivity contribution in [2.75, 3.05) is 4.90 Å². The molecule has 0 saturated heterocycles.